The Morgan fingerprint density at radius 2 is 2.00 bits per heavy atom. The van der Waals surface area contributed by atoms with Gasteiger partial charge in [-0.15, -0.1) is 0 Å². The quantitative estimate of drug-likeness (QED) is 0.470. The van der Waals surface area contributed by atoms with Crippen LogP contribution in [-0.2, 0) is 10.2 Å². The lowest BCUT2D eigenvalue weighted by Gasteiger charge is -2.47. The number of ether oxygens (including phenoxy) is 1. The van der Waals surface area contributed by atoms with Gasteiger partial charge in [0.05, 0.1) is 0 Å². The topological polar surface area (TPSA) is 66.8 Å². The van der Waals surface area contributed by atoms with Gasteiger partial charge in [0.15, 0.2) is 0 Å². The predicted molar refractivity (Wildman–Crippen MR) is 111 cm³/mol. The average molecular weight is 387 g/mol. The van der Waals surface area contributed by atoms with Crippen molar-refractivity contribution in [3.63, 3.8) is 0 Å². The Kier molecular flexibility index (Phi) is 5.53. The molecule has 0 saturated heterocycles. The van der Waals surface area contributed by atoms with E-state index in [0.717, 1.165) is 42.6 Å². The van der Waals surface area contributed by atoms with Crippen molar-refractivity contribution in [2.75, 3.05) is 0 Å². The summed E-state index contributed by atoms with van der Waals surface area (Å²) in [6.07, 6.45) is 6.86. The van der Waals surface area contributed by atoms with Gasteiger partial charge in [0.1, 0.15) is 17.1 Å². The Labute approximate surface area is 168 Å². The van der Waals surface area contributed by atoms with Crippen LogP contribution in [0, 0.1) is 5.92 Å². The molecular formula is C24H34O4. The van der Waals surface area contributed by atoms with Gasteiger partial charge >= 0.3 is 5.97 Å². The van der Waals surface area contributed by atoms with Gasteiger partial charge in [-0.25, -0.2) is 0 Å². The molecule has 154 valence electrons. The molecule has 1 unspecified atom stereocenters. The van der Waals surface area contributed by atoms with Crippen molar-refractivity contribution in [3.05, 3.63) is 34.9 Å². The van der Waals surface area contributed by atoms with Crippen molar-refractivity contribution < 1.29 is 19.7 Å². The van der Waals surface area contributed by atoms with Gasteiger partial charge in [-0.1, -0.05) is 31.9 Å². The van der Waals surface area contributed by atoms with Crippen LogP contribution in [0.25, 0.3) is 0 Å². The van der Waals surface area contributed by atoms with E-state index in [9.17, 15) is 9.90 Å². The molecule has 0 saturated carbocycles. The highest BCUT2D eigenvalue weighted by Crippen LogP contribution is 2.54. The first kappa shape index (κ1) is 20.8. The first-order valence-corrected chi connectivity index (χ1v) is 10.4. The third-order valence-electron chi connectivity index (χ3n) is 6.73. The number of benzene rings is 1. The van der Waals surface area contributed by atoms with Crippen LogP contribution in [0.4, 0.5) is 0 Å². The molecule has 0 amide bonds. The number of hydrogen-bond acceptors (Lipinski definition) is 3. The predicted octanol–water partition coefficient (Wildman–Crippen LogP) is 5.93. The molecule has 1 aliphatic carbocycles. The van der Waals surface area contributed by atoms with E-state index in [0.29, 0.717) is 18.1 Å². The molecule has 0 radical (unpaired) electrons. The van der Waals surface area contributed by atoms with Crippen molar-refractivity contribution in [1.29, 1.82) is 0 Å². The second-order valence-corrected chi connectivity index (χ2v) is 9.80. The Bertz CT molecular complexity index is 788. The number of unbranched alkanes of at least 4 members (excludes halogenated alkanes) is 1. The molecular weight excluding hydrogens is 352 g/mol. The van der Waals surface area contributed by atoms with Crippen LogP contribution >= 0.6 is 0 Å². The van der Waals surface area contributed by atoms with Crippen LogP contribution in [-0.4, -0.2) is 21.8 Å². The summed E-state index contributed by atoms with van der Waals surface area (Å²) < 4.78 is 6.43. The zero-order chi connectivity index (χ0) is 20.7. The van der Waals surface area contributed by atoms with Crippen LogP contribution in [0.1, 0.15) is 90.2 Å². The van der Waals surface area contributed by atoms with E-state index in [1.807, 2.05) is 6.07 Å². The zero-order valence-corrected chi connectivity index (χ0v) is 17.8. The van der Waals surface area contributed by atoms with E-state index in [2.05, 4.69) is 46.8 Å². The summed E-state index contributed by atoms with van der Waals surface area (Å²) >= 11 is 0. The minimum atomic E-state index is -0.744. The highest BCUT2D eigenvalue weighted by atomic mass is 16.5. The summed E-state index contributed by atoms with van der Waals surface area (Å²) in [6, 6.07) is 4.01. The molecule has 0 bridgehead atoms. The first-order valence-electron chi connectivity index (χ1n) is 10.4. The van der Waals surface area contributed by atoms with Crippen LogP contribution < -0.4 is 4.74 Å². The van der Waals surface area contributed by atoms with Crippen LogP contribution in [0.5, 0.6) is 11.5 Å². The Hall–Kier alpha value is -1.97. The summed E-state index contributed by atoms with van der Waals surface area (Å²) in [7, 11) is 0. The number of carboxylic acid groups (broad SMARTS) is 1. The molecule has 0 fully saturated rings. The number of hydrogen-bond donors (Lipinski definition) is 2. The zero-order valence-electron chi connectivity index (χ0n) is 17.8. The van der Waals surface area contributed by atoms with Crippen molar-refractivity contribution in [2.45, 2.75) is 90.1 Å². The minimum Gasteiger partial charge on any atom is -0.508 e. The SMILES string of the molecule is CC1=CCC2[C@@H](C1)c1c(O)cc(C(C)(C)CCCCC(=O)O)cc1OC2(C)C. The number of aliphatic carboxylic acids is 1. The van der Waals surface area contributed by atoms with Gasteiger partial charge in [0.2, 0.25) is 0 Å². The van der Waals surface area contributed by atoms with Gasteiger partial charge in [0.25, 0.3) is 0 Å². The number of aromatic hydroxyl groups is 1. The Balaban J connectivity index is 1.89. The molecule has 1 aromatic rings. The fourth-order valence-electron chi connectivity index (χ4n) is 4.94. The molecule has 2 atom stereocenters. The molecule has 2 N–H and O–H groups in total. The molecule has 0 spiro atoms. The summed E-state index contributed by atoms with van der Waals surface area (Å²) in [5.74, 6) is 1.06. The Morgan fingerprint density at radius 1 is 1.29 bits per heavy atom. The Morgan fingerprint density at radius 3 is 2.68 bits per heavy atom. The van der Waals surface area contributed by atoms with E-state index < -0.39 is 5.97 Å². The van der Waals surface area contributed by atoms with Crippen LogP contribution in [0.15, 0.2) is 23.8 Å². The minimum absolute atomic E-state index is 0.155. The maximum Gasteiger partial charge on any atom is 0.303 e. The van der Waals surface area contributed by atoms with E-state index in [4.69, 9.17) is 9.84 Å². The molecule has 4 heteroatoms. The maximum atomic E-state index is 11.0. The summed E-state index contributed by atoms with van der Waals surface area (Å²) in [6.45, 7) is 10.8. The van der Waals surface area contributed by atoms with Gasteiger partial charge in [0, 0.05) is 23.8 Å². The number of carbonyl (C=O) groups is 1. The lowest BCUT2D eigenvalue weighted by Crippen LogP contribution is -2.45. The third kappa shape index (κ3) is 4.06. The summed E-state index contributed by atoms with van der Waals surface area (Å²) in [5, 5.41) is 19.8. The van der Waals surface area contributed by atoms with Gasteiger partial charge in [-0.05, 0) is 69.6 Å². The van der Waals surface area contributed by atoms with E-state index in [-0.39, 0.29) is 23.4 Å². The van der Waals surface area contributed by atoms with E-state index >= 15 is 0 Å². The standard InChI is InChI=1S/C24H34O4/c1-15-9-10-18-17(12-15)22-19(25)13-16(14-20(22)28-24(18,4)5)23(2,3)11-7-6-8-21(26)27/h9,13-14,17-18,25H,6-8,10-12H2,1-5H3,(H,26,27)/t17-,18?/m1/s1. The number of allylic oxidation sites excluding steroid dienone is 2. The monoisotopic (exact) mass is 386 g/mol. The molecule has 1 aliphatic heterocycles. The largest absolute Gasteiger partial charge is 0.508 e. The summed E-state index contributed by atoms with van der Waals surface area (Å²) in [4.78, 5) is 10.7. The van der Waals surface area contributed by atoms with Crippen molar-refractivity contribution in [2.24, 2.45) is 5.92 Å². The van der Waals surface area contributed by atoms with Gasteiger partial charge in [-0.3, -0.25) is 4.79 Å². The maximum absolute atomic E-state index is 11.0. The molecule has 1 aromatic carbocycles. The number of phenolic OH excluding ortho intramolecular Hbond substituents is 1. The fraction of sp³-hybridized carbons (Fsp3) is 0.625. The lowest BCUT2D eigenvalue weighted by atomic mass is 9.66. The van der Waals surface area contributed by atoms with Crippen molar-refractivity contribution in [3.8, 4) is 11.5 Å². The molecule has 1 heterocycles. The number of fused-ring (bicyclic) bond motifs is 3. The molecule has 28 heavy (non-hydrogen) atoms. The average Bonchev–Trinajstić information content (AvgIpc) is 2.57. The molecule has 4 nitrogen and oxygen atoms in total. The van der Waals surface area contributed by atoms with E-state index in [1.165, 1.54) is 5.57 Å². The lowest BCUT2D eigenvalue weighted by molar-refractivity contribution is -0.137. The van der Waals surface area contributed by atoms with Crippen LogP contribution in [0.2, 0.25) is 0 Å². The van der Waals surface area contributed by atoms with Gasteiger partial charge in [-0.2, -0.15) is 0 Å². The second kappa shape index (κ2) is 7.46. The molecule has 2 aliphatic rings. The fourth-order valence-corrected chi connectivity index (χ4v) is 4.94. The normalized spacial score (nSPS) is 23.2. The summed E-state index contributed by atoms with van der Waals surface area (Å²) in [5.41, 5.74) is 2.97. The van der Waals surface area contributed by atoms with E-state index in [1.54, 1.807) is 0 Å². The first-order chi connectivity index (χ1) is 13.0. The van der Waals surface area contributed by atoms with Gasteiger partial charge < -0.3 is 14.9 Å². The number of rotatable bonds is 6. The highest BCUT2D eigenvalue weighted by Gasteiger charge is 2.46. The molecule has 0 aromatic heterocycles. The van der Waals surface area contributed by atoms with Crippen LogP contribution in [0.3, 0.4) is 0 Å². The third-order valence-corrected chi connectivity index (χ3v) is 6.73. The highest BCUT2D eigenvalue weighted by molar-refractivity contribution is 5.66. The van der Waals surface area contributed by atoms with Crippen molar-refractivity contribution >= 4 is 5.97 Å². The number of carboxylic acids is 1. The molecule has 3 rings (SSSR count). The second-order valence-electron chi connectivity index (χ2n) is 9.80. The van der Waals surface area contributed by atoms with Crippen molar-refractivity contribution in [1.82, 2.24) is 0 Å². The smallest absolute Gasteiger partial charge is 0.303 e. The number of phenols is 1.